The first kappa shape index (κ1) is 11.1. The Hall–Kier alpha value is -0.860. The molecule has 0 spiro atoms. The molecule has 0 aliphatic carbocycles. The Morgan fingerprint density at radius 3 is 2.00 bits per heavy atom. The fraction of sp³-hybridized carbons (Fsp3) is 0.778. The molecule has 0 fully saturated rings. The van der Waals surface area contributed by atoms with E-state index in [1.807, 2.05) is 34.6 Å². The van der Waals surface area contributed by atoms with Crippen molar-refractivity contribution in [2.24, 2.45) is 16.9 Å². The van der Waals surface area contributed by atoms with Crippen LogP contribution in [0.3, 0.4) is 0 Å². The molecule has 0 saturated heterocycles. The summed E-state index contributed by atoms with van der Waals surface area (Å²) in [5.41, 5.74) is 3.46. The van der Waals surface area contributed by atoms with Crippen molar-refractivity contribution in [3.05, 3.63) is 0 Å². The van der Waals surface area contributed by atoms with Crippen LogP contribution >= 0.6 is 0 Å². The largest absolute Gasteiger partial charge is 0.273 e. The molecule has 0 atom stereocenters. The van der Waals surface area contributed by atoms with Gasteiger partial charge >= 0.3 is 0 Å². The van der Waals surface area contributed by atoms with Crippen molar-refractivity contribution < 1.29 is 4.79 Å². The lowest BCUT2D eigenvalue weighted by molar-refractivity contribution is -0.123. The fourth-order valence-corrected chi connectivity index (χ4v) is 0.401. The van der Waals surface area contributed by atoms with Crippen molar-refractivity contribution in [1.82, 2.24) is 5.43 Å². The van der Waals surface area contributed by atoms with Crippen molar-refractivity contribution in [3.63, 3.8) is 0 Å². The first-order chi connectivity index (χ1) is 5.45. The molecule has 12 heavy (non-hydrogen) atoms. The predicted molar refractivity (Wildman–Crippen MR) is 50.9 cm³/mol. The summed E-state index contributed by atoms with van der Waals surface area (Å²) in [7, 11) is 0. The van der Waals surface area contributed by atoms with Gasteiger partial charge in [0.05, 0.1) is 0 Å². The average molecular weight is 170 g/mol. The first-order valence-electron chi connectivity index (χ1n) is 4.29. The predicted octanol–water partition coefficient (Wildman–Crippen LogP) is 1.79. The van der Waals surface area contributed by atoms with Gasteiger partial charge in [0.15, 0.2) is 0 Å². The number of rotatable bonds is 3. The molecule has 3 nitrogen and oxygen atoms in total. The van der Waals surface area contributed by atoms with Gasteiger partial charge in [0.25, 0.3) is 0 Å². The minimum Gasteiger partial charge on any atom is -0.273 e. The number of hydrogen-bond acceptors (Lipinski definition) is 2. The van der Waals surface area contributed by atoms with Crippen LogP contribution < -0.4 is 5.43 Å². The van der Waals surface area contributed by atoms with Gasteiger partial charge in [-0.05, 0) is 12.8 Å². The third-order valence-electron chi connectivity index (χ3n) is 1.70. The van der Waals surface area contributed by atoms with E-state index >= 15 is 0 Å². The molecule has 0 bridgehead atoms. The molecule has 70 valence electrons. The lowest BCUT2D eigenvalue weighted by Gasteiger charge is -2.06. The van der Waals surface area contributed by atoms with E-state index in [1.165, 1.54) is 0 Å². The fourth-order valence-electron chi connectivity index (χ4n) is 0.401. The van der Waals surface area contributed by atoms with Gasteiger partial charge in [-0.15, -0.1) is 0 Å². The highest BCUT2D eigenvalue weighted by Crippen LogP contribution is 1.95. The maximum atomic E-state index is 11.1. The number of carbonyl (C=O) groups is 1. The second kappa shape index (κ2) is 4.91. The Bertz CT molecular complexity index is 183. The standard InChI is InChI=1S/C9H18N2O/c1-6(2)8(5)10-11-9(12)7(3)4/h6-7H,1-5H3,(H,11,12). The van der Waals surface area contributed by atoms with Crippen LogP contribution in [-0.2, 0) is 4.79 Å². The van der Waals surface area contributed by atoms with Crippen LogP contribution in [0.5, 0.6) is 0 Å². The van der Waals surface area contributed by atoms with E-state index in [9.17, 15) is 4.79 Å². The zero-order valence-electron chi connectivity index (χ0n) is 8.51. The zero-order chi connectivity index (χ0) is 9.72. The molecule has 0 aliphatic heterocycles. The third-order valence-corrected chi connectivity index (χ3v) is 1.70. The van der Waals surface area contributed by atoms with Crippen LogP contribution in [0, 0.1) is 11.8 Å². The molecule has 1 amide bonds. The van der Waals surface area contributed by atoms with Gasteiger partial charge in [-0.2, -0.15) is 5.10 Å². The number of hydrogen-bond donors (Lipinski definition) is 1. The quantitative estimate of drug-likeness (QED) is 0.509. The van der Waals surface area contributed by atoms with Crippen molar-refractivity contribution in [3.8, 4) is 0 Å². The van der Waals surface area contributed by atoms with Crippen molar-refractivity contribution >= 4 is 11.6 Å². The van der Waals surface area contributed by atoms with E-state index in [0.29, 0.717) is 5.92 Å². The second-order valence-corrected chi connectivity index (χ2v) is 3.54. The highest BCUT2D eigenvalue weighted by Gasteiger charge is 2.05. The molecule has 0 aliphatic rings. The summed E-state index contributed by atoms with van der Waals surface area (Å²) in [5, 5.41) is 3.96. The van der Waals surface area contributed by atoms with Gasteiger partial charge in [-0.1, -0.05) is 27.7 Å². The highest BCUT2D eigenvalue weighted by atomic mass is 16.2. The van der Waals surface area contributed by atoms with Crippen molar-refractivity contribution in [2.75, 3.05) is 0 Å². The van der Waals surface area contributed by atoms with E-state index in [1.54, 1.807) is 0 Å². The molecule has 0 aromatic rings. The van der Waals surface area contributed by atoms with Crippen LogP contribution in [0.25, 0.3) is 0 Å². The monoisotopic (exact) mass is 170 g/mol. The summed E-state index contributed by atoms with van der Waals surface area (Å²) in [6.07, 6.45) is 0. The molecule has 0 aromatic heterocycles. The normalized spacial score (nSPS) is 12.4. The second-order valence-electron chi connectivity index (χ2n) is 3.54. The number of hydrazone groups is 1. The Balaban J connectivity index is 3.96. The van der Waals surface area contributed by atoms with E-state index in [0.717, 1.165) is 5.71 Å². The van der Waals surface area contributed by atoms with Crippen molar-refractivity contribution in [1.29, 1.82) is 0 Å². The van der Waals surface area contributed by atoms with E-state index < -0.39 is 0 Å². The van der Waals surface area contributed by atoms with Gasteiger partial charge in [0, 0.05) is 11.6 Å². The number of carbonyl (C=O) groups excluding carboxylic acids is 1. The van der Waals surface area contributed by atoms with Gasteiger partial charge in [0.2, 0.25) is 5.91 Å². The minimum atomic E-state index is -0.0324. The highest BCUT2D eigenvalue weighted by molar-refractivity contribution is 5.86. The Morgan fingerprint density at radius 1 is 1.17 bits per heavy atom. The summed E-state index contributed by atoms with van der Waals surface area (Å²) >= 11 is 0. The van der Waals surface area contributed by atoms with Gasteiger partial charge in [-0.3, -0.25) is 4.79 Å². The van der Waals surface area contributed by atoms with Gasteiger partial charge in [-0.25, -0.2) is 5.43 Å². The molecule has 0 rings (SSSR count). The lowest BCUT2D eigenvalue weighted by atomic mass is 10.1. The Labute approximate surface area is 74.2 Å². The van der Waals surface area contributed by atoms with Crippen LogP contribution in [0.4, 0.5) is 0 Å². The molecular weight excluding hydrogens is 152 g/mol. The molecule has 1 N–H and O–H groups in total. The molecule has 0 unspecified atom stereocenters. The number of nitrogens with one attached hydrogen (secondary N) is 1. The van der Waals surface area contributed by atoms with Crippen LogP contribution in [-0.4, -0.2) is 11.6 Å². The molecule has 0 heterocycles. The van der Waals surface area contributed by atoms with E-state index in [-0.39, 0.29) is 11.8 Å². The van der Waals surface area contributed by atoms with E-state index in [4.69, 9.17) is 0 Å². The lowest BCUT2D eigenvalue weighted by Crippen LogP contribution is -2.24. The van der Waals surface area contributed by atoms with Crippen LogP contribution in [0.15, 0.2) is 5.10 Å². The zero-order valence-corrected chi connectivity index (χ0v) is 8.51. The smallest absolute Gasteiger partial charge is 0.242 e. The third kappa shape index (κ3) is 4.11. The summed E-state index contributed by atoms with van der Waals surface area (Å²) in [6.45, 7) is 9.68. The minimum absolute atomic E-state index is 0.00582. The average Bonchev–Trinajstić information content (AvgIpc) is 1.98. The van der Waals surface area contributed by atoms with E-state index in [2.05, 4.69) is 10.5 Å². The Kier molecular flexibility index (Phi) is 4.55. The maximum absolute atomic E-state index is 11.1. The van der Waals surface area contributed by atoms with Crippen LogP contribution in [0.2, 0.25) is 0 Å². The summed E-state index contributed by atoms with van der Waals surface area (Å²) < 4.78 is 0. The molecule has 3 heteroatoms. The molecule has 0 saturated carbocycles. The number of nitrogens with zero attached hydrogens (tertiary/aromatic N) is 1. The molecule has 0 aromatic carbocycles. The maximum Gasteiger partial charge on any atom is 0.242 e. The van der Waals surface area contributed by atoms with Crippen molar-refractivity contribution in [2.45, 2.75) is 34.6 Å². The first-order valence-corrected chi connectivity index (χ1v) is 4.29. The summed E-state index contributed by atoms with van der Waals surface area (Å²) in [5.74, 6) is 0.348. The topological polar surface area (TPSA) is 41.5 Å². The summed E-state index contributed by atoms with van der Waals surface area (Å²) in [4.78, 5) is 11.1. The number of amides is 1. The molecular formula is C9H18N2O. The SMILES string of the molecule is CC(=NNC(=O)C(C)C)C(C)C. The Morgan fingerprint density at radius 2 is 1.67 bits per heavy atom. The summed E-state index contributed by atoms with van der Waals surface area (Å²) in [6, 6.07) is 0. The van der Waals surface area contributed by atoms with Crippen LogP contribution in [0.1, 0.15) is 34.6 Å². The molecule has 0 radical (unpaired) electrons. The van der Waals surface area contributed by atoms with Gasteiger partial charge in [0.1, 0.15) is 0 Å². The van der Waals surface area contributed by atoms with Gasteiger partial charge < -0.3 is 0 Å².